The third-order valence-corrected chi connectivity index (χ3v) is 4.88. The van der Waals surface area contributed by atoms with Crippen LogP contribution in [0.3, 0.4) is 0 Å². The number of benzene rings is 1. The maximum absolute atomic E-state index is 12.0. The Morgan fingerprint density at radius 2 is 2.00 bits per heavy atom. The van der Waals surface area contributed by atoms with Crippen molar-refractivity contribution >= 4 is 17.4 Å². The first-order valence-corrected chi connectivity index (χ1v) is 8.69. The monoisotopic (exact) mass is 338 g/mol. The highest BCUT2D eigenvalue weighted by molar-refractivity contribution is 5.97. The number of nitrogens with zero attached hydrogens (tertiary/aromatic N) is 2. The Labute approximate surface area is 146 Å². The molecule has 0 unspecified atom stereocenters. The van der Waals surface area contributed by atoms with Crippen LogP contribution >= 0.6 is 0 Å². The van der Waals surface area contributed by atoms with Crippen LogP contribution in [0, 0.1) is 6.92 Å². The van der Waals surface area contributed by atoms with E-state index in [0.717, 1.165) is 29.9 Å². The van der Waals surface area contributed by atoms with E-state index >= 15 is 0 Å². The standard InChI is InChI=1S/C19H22N4O2/c1-12-7-9-13(10-8-12)16-18(21-14-5-3-4-6-14)23-17(22-16)15(11-20-23)19(24)25-2/h7-11,14,20-21H,3-6H2,1-2H3. The van der Waals surface area contributed by atoms with Gasteiger partial charge in [-0.3, -0.25) is 5.10 Å². The first kappa shape index (κ1) is 15.7. The first-order chi connectivity index (χ1) is 12.2. The van der Waals surface area contributed by atoms with Crippen LogP contribution in [-0.4, -0.2) is 33.7 Å². The Hall–Kier alpha value is -2.76. The predicted octanol–water partition coefficient (Wildman–Crippen LogP) is 3.78. The number of hydrogen-bond acceptors (Lipinski definition) is 4. The summed E-state index contributed by atoms with van der Waals surface area (Å²) < 4.78 is 6.72. The molecule has 3 aromatic rings. The van der Waals surface area contributed by atoms with E-state index in [0.29, 0.717) is 17.3 Å². The molecule has 4 rings (SSSR count). The number of fused-ring (bicyclic) bond motifs is 1. The number of carbonyl (C=O) groups is 1. The molecular weight excluding hydrogens is 316 g/mol. The number of hydrogen-bond donors (Lipinski definition) is 2. The van der Waals surface area contributed by atoms with E-state index in [-0.39, 0.29) is 5.97 Å². The largest absolute Gasteiger partial charge is 0.465 e. The zero-order chi connectivity index (χ0) is 17.4. The average molecular weight is 338 g/mol. The molecule has 1 fully saturated rings. The summed E-state index contributed by atoms with van der Waals surface area (Å²) in [6.07, 6.45) is 6.46. The fourth-order valence-corrected chi connectivity index (χ4v) is 3.49. The van der Waals surface area contributed by atoms with E-state index < -0.39 is 0 Å². The number of anilines is 1. The molecule has 1 aliphatic rings. The van der Waals surface area contributed by atoms with Crippen molar-refractivity contribution in [3.8, 4) is 11.3 Å². The molecule has 2 aromatic heterocycles. The SMILES string of the molecule is COC(=O)c1c[nH]n2c(NC3CCCC3)c(-c3ccc(C)cc3)nc12. The lowest BCUT2D eigenvalue weighted by Gasteiger charge is -2.14. The smallest absolute Gasteiger partial charge is 0.343 e. The van der Waals surface area contributed by atoms with Crippen LogP contribution in [0.2, 0.25) is 0 Å². The summed E-state index contributed by atoms with van der Waals surface area (Å²) in [6, 6.07) is 8.71. The van der Waals surface area contributed by atoms with Gasteiger partial charge in [0.15, 0.2) is 11.5 Å². The lowest BCUT2D eigenvalue weighted by molar-refractivity contribution is 0.0602. The van der Waals surface area contributed by atoms with Crippen LogP contribution in [0.1, 0.15) is 41.6 Å². The Bertz CT molecular complexity index is 902. The fraction of sp³-hybridized carbons (Fsp3) is 0.368. The average Bonchev–Trinajstić information content (AvgIpc) is 3.33. The molecule has 1 aromatic carbocycles. The summed E-state index contributed by atoms with van der Waals surface area (Å²) >= 11 is 0. The zero-order valence-corrected chi connectivity index (χ0v) is 14.5. The Morgan fingerprint density at radius 3 is 2.68 bits per heavy atom. The third kappa shape index (κ3) is 2.77. The van der Waals surface area contributed by atoms with E-state index in [9.17, 15) is 4.79 Å². The van der Waals surface area contributed by atoms with Gasteiger partial charge in [0.25, 0.3) is 0 Å². The van der Waals surface area contributed by atoms with E-state index in [1.807, 2.05) is 4.52 Å². The number of methoxy groups -OCH3 is 1. The van der Waals surface area contributed by atoms with Crippen molar-refractivity contribution in [1.82, 2.24) is 14.6 Å². The van der Waals surface area contributed by atoms with Gasteiger partial charge in [0.2, 0.25) is 0 Å². The van der Waals surface area contributed by atoms with Crippen molar-refractivity contribution in [3.05, 3.63) is 41.6 Å². The van der Waals surface area contributed by atoms with Crippen LogP contribution in [0.4, 0.5) is 5.82 Å². The van der Waals surface area contributed by atoms with Gasteiger partial charge in [0.05, 0.1) is 7.11 Å². The van der Waals surface area contributed by atoms with Crippen LogP contribution in [0.15, 0.2) is 30.5 Å². The number of rotatable bonds is 4. The molecule has 0 amide bonds. The van der Waals surface area contributed by atoms with Crippen LogP contribution in [0.25, 0.3) is 16.9 Å². The number of nitrogens with one attached hydrogen (secondary N) is 2. The molecule has 0 saturated heterocycles. The van der Waals surface area contributed by atoms with Gasteiger partial charge >= 0.3 is 5.97 Å². The second-order valence-corrected chi connectivity index (χ2v) is 6.64. The molecular formula is C19H22N4O2. The fourth-order valence-electron chi connectivity index (χ4n) is 3.49. The molecule has 25 heavy (non-hydrogen) atoms. The maximum atomic E-state index is 12.0. The molecule has 0 aliphatic heterocycles. The summed E-state index contributed by atoms with van der Waals surface area (Å²) in [4.78, 5) is 16.8. The van der Waals surface area contributed by atoms with E-state index in [2.05, 4.69) is 41.6 Å². The Kier molecular flexibility index (Phi) is 3.95. The highest BCUT2D eigenvalue weighted by Gasteiger charge is 2.24. The second-order valence-electron chi connectivity index (χ2n) is 6.64. The van der Waals surface area contributed by atoms with Gasteiger partial charge in [-0.05, 0) is 19.8 Å². The minimum Gasteiger partial charge on any atom is -0.465 e. The molecule has 6 heteroatoms. The number of H-pyrrole nitrogens is 1. The molecule has 2 heterocycles. The molecule has 0 spiro atoms. The quantitative estimate of drug-likeness (QED) is 0.710. The number of carbonyl (C=O) groups excluding carboxylic acids is 1. The summed E-state index contributed by atoms with van der Waals surface area (Å²) in [7, 11) is 1.38. The lowest BCUT2D eigenvalue weighted by Crippen LogP contribution is -2.16. The minimum atomic E-state index is -0.390. The number of aromatic amines is 1. The van der Waals surface area contributed by atoms with Crippen LogP contribution in [0.5, 0.6) is 0 Å². The van der Waals surface area contributed by atoms with Crippen molar-refractivity contribution in [2.24, 2.45) is 0 Å². The van der Waals surface area contributed by atoms with Crippen molar-refractivity contribution < 1.29 is 9.53 Å². The molecule has 0 atom stereocenters. The topological polar surface area (TPSA) is 71.4 Å². The number of ether oxygens (including phenoxy) is 1. The van der Waals surface area contributed by atoms with Gasteiger partial charge in [-0.25, -0.2) is 14.3 Å². The highest BCUT2D eigenvalue weighted by atomic mass is 16.5. The molecule has 0 bridgehead atoms. The Morgan fingerprint density at radius 1 is 1.28 bits per heavy atom. The summed E-state index contributed by atoms with van der Waals surface area (Å²) in [6.45, 7) is 2.06. The van der Waals surface area contributed by atoms with Gasteiger partial charge in [0.1, 0.15) is 11.3 Å². The van der Waals surface area contributed by atoms with Crippen LogP contribution in [-0.2, 0) is 4.74 Å². The van der Waals surface area contributed by atoms with E-state index in [4.69, 9.17) is 9.72 Å². The molecule has 1 saturated carbocycles. The number of esters is 1. The molecule has 6 nitrogen and oxygen atoms in total. The Balaban J connectivity index is 1.85. The zero-order valence-electron chi connectivity index (χ0n) is 14.5. The van der Waals surface area contributed by atoms with E-state index in [1.54, 1.807) is 6.20 Å². The number of imidazole rings is 1. The summed E-state index contributed by atoms with van der Waals surface area (Å²) in [5.41, 5.74) is 4.11. The first-order valence-electron chi connectivity index (χ1n) is 8.69. The minimum absolute atomic E-state index is 0.390. The number of aryl methyl sites for hydroxylation is 1. The summed E-state index contributed by atoms with van der Waals surface area (Å²) in [5.74, 6) is 0.514. The molecule has 2 N–H and O–H groups in total. The molecule has 0 radical (unpaired) electrons. The van der Waals surface area contributed by atoms with Crippen molar-refractivity contribution in [2.45, 2.75) is 38.6 Å². The summed E-state index contributed by atoms with van der Waals surface area (Å²) in [5, 5.41) is 6.77. The van der Waals surface area contributed by atoms with Crippen molar-refractivity contribution in [3.63, 3.8) is 0 Å². The van der Waals surface area contributed by atoms with E-state index in [1.165, 1.54) is 25.5 Å². The number of aromatic nitrogens is 3. The molecule has 130 valence electrons. The second kappa shape index (κ2) is 6.27. The normalized spacial score (nSPS) is 15.0. The highest BCUT2D eigenvalue weighted by Crippen LogP contribution is 2.32. The maximum Gasteiger partial charge on any atom is 0.343 e. The van der Waals surface area contributed by atoms with Gasteiger partial charge in [-0.15, -0.1) is 0 Å². The third-order valence-electron chi connectivity index (χ3n) is 4.88. The lowest BCUT2D eigenvalue weighted by atomic mass is 10.1. The molecule has 1 aliphatic carbocycles. The predicted molar refractivity (Wildman–Crippen MR) is 96.9 cm³/mol. The van der Waals surface area contributed by atoms with Crippen LogP contribution < -0.4 is 5.32 Å². The van der Waals surface area contributed by atoms with Crippen molar-refractivity contribution in [1.29, 1.82) is 0 Å². The van der Waals surface area contributed by atoms with Gasteiger partial charge in [-0.2, -0.15) is 0 Å². The van der Waals surface area contributed by atoms with Crippen molar-refractivity contribution in [2.75, 3.05) is 12.4 Å². The van der Waals surface area contributed by atoms with Gasteiger partial charge < -0.3 is 10.1 Å². The van der Waals surface area contributed by atoms with Gasteiger partial charge in [-0.1, -0.05) is 42.7 Å². The van der Waals surface area contributed by atoms with Gasteiger partial charge in [0, 0.05) is 17.8 Å².